The smallest absolute Gasteiger partial charge is 0.334 e. The van der Waals surface area contributed by atoms with Gasteiger partial charge in [-0.1, -0.05) is 6.58 Å². The van der Waals surface area contributed by atoms with E-state index in [1.807, 2.05) is 0 Å². The summed E-state index contributed by atoms with van der Waals surface area (Å²) in [4.78, 5) is 34.7. The summed E-state index contributed by atoms with van der Waals surface area (Å²) in [5.41, 5.74) is -0.103. The number of hydrogen-bond acceptors (Lipinski definition) is 6. The van der Waals surface area contributed by atoms with Gasteiger partial charge in [-0.15, -0.1) is 0 Å². The summed E-state index contributed by atoms with van der Waals surface area (Å²) in [7, 11) is 0. The quantitative estimate of drug-likeness (QED) is 0.376. The van der Waals surface area contributed by atoms with Crippen LogP contribution in [0, 0.1) is 5.92 Å². The van der Waals surface area contributed by atoms with Crippen molar-refractivity contribution in [3.05, 3.63) is 12.2 Å². The van der Waals surface area contributed by atoms with E-state index in [-0.39, 0.29) is 31.8 Å². The normalized spacial score (nSPS) is 11.3. The fraction of sp³-hybridized carbons (Fsp3) is 0.615. The number of carbonyl (C=O) groups is 3. The van der Waals surface area contributed by atoms with E-state index in [1.54, 1.807) is 20.8 Å². The number of hydrogen-bond donors (Lipinski definition) is 0. The van der Waals surface area contributed by atoms with Crippen LogP contribution in [-0.4, -0.2) is 37.7 Å². The Kier molecular flexibility index (Phi) is 8.24. The van der Waals surface area contributed by atoms with Crippen molar-refractivity contribution in [2.45, 2.75) is 27.2 Å². The monoisotopic (exact) mass is 272 g/mol. The van der Waals surface area contributed by atoms with Crippen molar-refractivity contribution in [1.29, 1.82) is 0 Å². The van der Waals surface area contributed by atoms with E-state index in [0.29, 0.717) is 0 Å². The van der Waals surface area contributed by atoms with Gasteiger partial charge in [0.1, 0.15) is 0 Å². The number of rotatable bonds is 8. The van der Waals surface area contributed by atoms with E-state index in [2.05, 4.69) is 6.58 Å². The Hall–Kier alpha value is -1.85. The first-order valence-electron chi connectivity index (χ1n) is 6.15. The van der Waals surface area contributed by atoms with Gasteiger partial charge in [0.05, 0.1) is 32.2 Å². The molecule has 0 saturated carbocycles. The summed E-state index contributed by atoms with van der Waals surface area (Å²) in [6, 6.07) is 0. The van der Waals surface area contributed by atoms with Crippen LogP contribution in [0.4, 0.5) is 0 Å². The van der Waals surface area contributed by atoms with Crippen molar-refractivity contribution >= 4 is 17.9 Å². The molecule has 0 N–H and O–H groups in total. The Morgan fingerprint density at radius 1 is 0.947 bits per heavy atom. The maximum Gasteiger partial charge on any atom is 0.334 e. The Labute approximate surface area is 112 Å². The Morgan fingerprint density at radius 2 is 1.47 bits per heavy atom. The molecule has 0 spiro atoms. The van der Waals surface area contributed by atoms with E-state index in [1.165, 1.54) is 0 Å². The molecule has 1 atom stereocenters. The maximum absolute atomic E-state index is 11.7. The highest BCUT2D eigenvalue weighted by atomic mass is 16.5. The second-order valence-electron chi connectivity index (χ2n) is 3.56. The average Bonchev–Trinajstić information content (AvgIpc) is 2.36. The third-order valence-corrected chi connectivity index (χ3v) is 2.21. The van der Waals surface area contributed by atoms with Crippen LogP contribution in [0.3, 0.4) is 0 Å². The van der Waals surface area contributed by atoms with Gasteiger partial charge in [-0.3, -0.25) is 9.59 Å². The minimum atomic E-state index is -1.07. The fourth-order valence-corrected chi connectivity index (χ4v) is 1.34. The van der Waals surface area contributed by atoms with Gasteiger partial charge in [0.15, 0.2) is 0 Å². The summed E-state index contributed by atoms with van der Waals surface area (Å²) in [5, 5.41) is 0. The molecule has 0 amide bonds. The molecule has 6 nitrogen and oxygen atoms in total. The Balaban J connectivity index is 4.84. The lowest BCUT2D eigenvalue weighted by molar-refractivity contribution is -0.155. The fourth-order valence-electron chi connectivity index (χ4n) is 1.34. The highest BCUT2D eigenvalue weighted by molar-refractivity contribution is 5.96. The molecule has 0 aromatic heterocycles. The van der Waals surface area contributed by atoms with Crippen LogP contribution in [0.2, 0.25) is 0 Å². The van der Waals surface area contributed by atoms with Crippen molar-refractivity contribution < 1.29 is 28.6 Å². The third-order valence-electron chi connectivity index (χ3n) is 2.21. The maximum atomic E-state index is 11.7. The zero-order valence-electron chi connectivity index (χ0n) is 11.6. The van der Waals surface area contributed by atoms with Crippen molar-refractivity contribution in [2.24, 2.45) is 5.92 Å². The first kappa shape index (κ1) is 17.2. The number of ether oxygens (including phenoxy) is 3. The van der Waals surface area contributed by atoms with Gasteiger partial charge >= 0.3 is 17.9 Å². The predicted molar refractivity (Wildman–Crippen MR) is 67.1 cm³/mol. The largest absolute Gasteiger partial charge is 0.466 e. The highest BCUT2D eigenvalue weighted by Gasteiger charge is 2.31. The van der Waals surface area contributed by atoms with E-state index in [9.17, 15) is 14.4 Å². The summed E-state index contributed by atoms with van der Waals surface area (Å²) in [6.07, 6.45) is -0.287. The minimum absolute atomic E-state index is 0.103. The lowest BCUT2D eigenvalue weighted by Crippen LogP contribution is -2.27. The molecule has 108 valence electrons. The van der Waals surface area contributed by atoms with Crippen LogP contribution in [0.5, 0.6) is 0 Å². The highest BCUT2D eigenvalue weighted by Crippen LogP contribution is 2.18. The van der Waals surface area contributed by atoms with E-state index >= 15 is 0 Å². The number of esters is 3. The van der Waals surface area contributed by atoms with Gasteiger partial charge in [0.2, 0.25) is 0 Å². The third kappa shape index (κ3) is 6.03. The molecular weight excluding hydrogens is 252 g/mol. The van der Waals surface area contributed by atoms with Gasteiger partial charge in [-0.2, -0.15) is 0 Å². The first-order chi connectivity index (χ1) is 8.97. The summed E-state index contributed by atoms with van der Waals surface area (Å²) >= 11 is 0. The summed E-state index contributed by atoms with van der Waals surface area (Å²) < 4.78 is 14.3. The van der Waals surface area contributed by atoms with Gasteiger partial charge in [-0.25, -0.2) is 4.79 Å². The zero-order valence-corrected chi connectivity index (χ0v) is 11.6. The molecule has 0 bridgehead atoms. The molecule has 0 aromatic rings. The molecule has 1 unspecified atom stereocenters. The molecule has 0 aliphatic rings. The molecule has 0 radical (unpaired) electrons. The van der Waals surface area contributed by atoms with Gasteiger partial charge < -0.3 is 14.2 Å². The molecular formula is C13H20O6. The lowest BCUT2D eigenvalue weighted by Gasteiger charge is -2.16. The van der Waals surface area contributed by atoms with Crippen LogP contribution in [0.15, 0.2) is 12.2 Å². The lowest BCUT2D eigenvalue weighted by atomic mass is 9.97. The van der Waals surface area contributed by atoms with Crippen molar-refractivity contribution in [2.75, 3.05) is 19.8 Å². The SMILES string of the molecule is C=C(C(=O)OCC)C(CC(=O)OCC)C(=O)OCC. The van der Waals surface area contributed by atoms with Crippen LogP contribution < -0.4 is 0 Å². The first-order valence-corrected chi connectivity index (χ1v) is 6.15. The van der Waals surface area contributed by atoms with Gasteiger partial charge in [-0.05, 0) is 20.8 Å². The zero-order chi connectivity index (χ0) is 14.8. The molecule has 0 aliphatic carbocycles. The molecule has 19 heavy (non-hydrogen) atoms. The van der Waals surface area contributed by atoms with E-state index in [4.69, 9.17) is 14.2 Å². The van der Waals surface area contributed by atoms with E-state index < -0.39 is 23.8 Å². The Morgan fingerprint density at radius 3 is 1.95 bits per heavy atom. The van der Waals surface area contributed by atoms with E-state index in [0.717, 1.165) is 0 Å². The second kappa shape index (κ2) is 9.13. The van der Waals surface area contributed by atoms with Crippen LogP contribution in [0.25, 0.3) is 0 Å². The van der Waals surface area contributed by atoms with Crippen LogP contribution in [-0.2, 0) is 28.6 Å². The molecule has 0 rings (SSSR count). The molecule has 0 heterocycles. The predicted octanol–water partition coefficient (Wildman–Crippen LogP) is 1.24. The van der Waals surface area contributed by atoms with Crippen molar-refractivity contribution in [1.82, 2.24) is 0 Å². The topological polar surface area (TPSA) is 78.9 Å². The summed E-state index contributed by atoms with van der Waals surface area (Å²) in [6.45, 7) is 8.92. The molecule has 6 heteroatoms. The van der Waals surface area contributed by atoms with Crippen molar-refractivity contribution in [3.8, 4) is 0 Å². The molecule has 0 aliphatic heterocycles. The average molecular weight is 272 g/mol. The van der Waals surface area contributed by atoms with Gasteiger partial charge in [0.25, 0.3) is 0 Å². The van der Waals surface area contributed by atoms with Crippen molar-refractivity contribution in [3.63, 3.8) is 0 Å². The van der Waals surface area contributed by atoms with Crippen LogP contribution >= 0.6 is 0 Å². The van der Waals surface area contributed by atoms with Gasteiger partial charge in [0, 0.05) is 5.57 Å². The Bertz CT molecular complexity index is 347. The van der Waals surface area contributed by atoms with Crippen LogP contribution in [0.1, 0.15) is 27.2 Å². The minimum Gasteiger partial charge on any atom is -0.466 e. The molecule has 0 fully saturated rings. The number of carbonyl (C=O) groups excluding carboxylic acids is 3. The standard InChI is InChI=1S/C13H20O6/c1-5-17-11(14)8-10(13(16)19-7-3)9(4)12(15)18-6-2/h10H,4-8H2,1-3H3. The summed E-state index contributed by atoms with van der Waals surface area (Å²) in [5.74, 6) is -3.07. The molecule has 0 saturated heterocycles. The molecule has 0 aromatic carbocycles. The second-order valence-corrected chi connectivity index (χ2v) is 3.56.